The third kappa shape index (κ3) is 5.87. The summed E-state index contributed by atoms with van der Waals surface area (Å²) in [4.78, 5) is 18.4. The number of hydrogen-bond acceptors (Lipinski definition) is 3. The number of furan rings is 1. The summed E-state index contributed by atoms with van der Waals surface area (Å²) in [7, 11) is 0. The van der Waals surface area contributed by atoms with Crippen LogP contribution in [0.15, 0.2) is 52.1 Å². The van der Waals surface area contributed by atoms with E-state index in [0.717, 1.165) is 68.3 Å². The van der Waals surface area contributed by atoms with Gasteiger partial charge in [-0.05, 0) is 42.7 Å². The minimum Gasteiger partial charge on any atom is -0.469 e. The molecule has 1 aliphatic rings. The van der Waals surface area contributed by atoms with E-state index in [4.69, 9.17) is 9.41 Å². The van der Waals surface area contributed by atoms with E-state index >= 15 is 0 Å². The predicted molar refractivity (Wildman–Crippen MR) is 112 cm³/mol. The van der Waals surface area contributed by atoms with E-state index in [2.05, 4.69) is 29.7 Å². The van der Waals surface area contributed by atoms with Crippen molar-refractivity contribution < 1.29 is 9.21 Å². The van der Waals surface area contributed by atoms with Crippen molar-refractivity contribution in [3.63, 3.8) is 0 Å². The van der Waals surface area contributed by atoms with Crippen LogP contribution >= 0.6 is 0 Å². The number of unbranched alkanes of at least 4 members (excludes halogenated alkanes) is 1. The van der Waals surface area contributed by atoms with Gasteiger partial charge in [0.05, 0.1) is 12.8 Å². The molecule has 2 aromatic rings. The molecule has 28 heavy (non-hydrogen) atoms. The van der Waals surface area contributed by atoms with Gasteiger partial charge in [-0.2, -0.15) is 0 Å². The monoisotopic (exact) mass is 382 g/mol. The zero-order valence-corrected chi connectivity index (χ0v) is 16.6. The molecule has 1 amide bonds. The molecule has 0 saturated carbocycles. The number of anilines is 1. The highest BCUT2D eigenvalue weighted by Gasteiger charge is 2.21. The van der Waals surface area contributed by atoms with Crippen molar-refractivity contribution in [3.05, 3.63) is 54.0 Å². The lowest BCUT2D eigenvalue weighted by Crippen LogP contribution is -2.38. The van der Waals surface area contributed by atoms with Crippen LogP contribution < -0.4 is 15.5 Å². The molecule has 150 valence electrons. The Morgan fingerprint density at radius 2 is 2.00 bits per heavy atom. The molecule has 1 aromatic heterocycles. The zero-order valence-electron chi connectivity index (χ0n) is 16.6. The molecule has 1 fully saturated rings. The number of hydrogen-bond donors (Lipinski definition) is 2. The number of nitrogens with one attached hydrogen (secondary N) is 2. The highest BCUT2D eigenvalue weighted by Crippen LogP contribution is 2.21. The van der Waals surface area contributed by atoms with Crippen LogP contribution in [-0.2, 0) is 17.8 Å². The maximum absolute atomic E-state index is 11.9. The van der Waals surface area contributed by atoms with Crippen LogP contribution in [0.2, 0.25) is 0 Å². The molecule has 6 nitrogen and oxygen atoms in total. The van der Waals surface area contributed by atoms with Gasteiger partial charge in [-0.3, -0.25) is 4.79 Å². The van der Waals surface area contributed by atoms with Crippen molar-refractivity contribution in [2.45, 2.75) is 45.6 Å². The van der Waals surface area contributed by atoms with Crippen molar-refractivity contribution in [2.24, 2.45) is 4.99 Å². The Morgan fingerprint density at radius 1 is 1.18 bits per heavy atom. The third-order valence-electron chi connectivity index (χ3n) is 4.81. The Hall–Kier alpha value is -2.76. The maximum atomic E-state index is 11.9. The van der Waals surface area contributed by atoms with Crippen LogP contribution in [0.5, 0.6) is 0 Å². The van der Waals surface area contributed by atoms with Gasteiger partial charge in [-0.15, -0.1) is 0 Å². The molecule has 0 unspecified atom stereocenters. The van der Waals surface area contributed by atoms with Crippen molar-refractivity contribution in [2.75, 3.05) is 24.5 Å². The second-order valence-electron chi connectivity index (χ2n) is 7.02. The highest BCUT2D eigenvalue weighted by molar-refractivity contribution is 5.95. The van der Waals surface area contributed by atoms with Crippen molar-refractivity contribution in [1.82, 2.24) is 10.6 Å². The molecule has 0 atom stereocenters. The van der Waals surface area contributed by atoms with Gasteiger partial charge < -0.3 is 20.0 Å². The number of carbonyl (C=O) groups excluding carboxylic acids is 1. The number of carbonyl (C=O) groups is 1. The van der Waals surface area contributed by atoms with E-state index in [-0.39, 0.29) is 5.91 Å². The number of aliphatic imine (C=N–C) groups is 1. The average Bonchev–Trinajstić information content (AvgIpc) is 3.38. The Morgan fingerprint density at radius 3 is 2.68 bits per heavy atom. The fraction of sp³-hybridized carbons (Fsp3) is 0.455. The number of nitrogens with zero attached hydrogens (tertiary/aromatic N) is 2. The summed E-state index contributed by atoms with van der Waals surface area (Å²) in [6.07, 6.45) is 6.37. The third-order valence-corrected chi connectivity index (χ3v) is 4.81. The van der Waals surface area contributed by atoms with E-state index in [9.17, 15) is 4.79 Å². The Labute approximate surface area is 167 Å². The van der Waals surface area contributed by atoms with Gasteiger partial charge in [0.15, 0.2) is 5.96 Å². The van der Waals surface area contributed by atoms with Crippen LogP contribution in [-0.4, -0.2) is 31.5 Å². The van der Waals surface area contributed by atoms with Crippen LogP contribution in [0.1, 0.15) is 43.9 Å². The van der Waals surface area contributed by atoms with Gasteiger partial charge in [0.2, 0.25) is 5.91 Å². The molecule has 1 saturated heterocycles. The van der Waals surface area contributed by atoms with E-state index in [1.807, 2.05) is 29.2 Å². The van der Waals surface area contributed by atoms with Crippen LogP contribution in [0.4, 0.5) is 5.69 Å². The smallest absolute Gasteiger partial charge is 0.227 e. The standard InChI is InChI=1S/C22H30N4O2/c1-2-3-13-23-22(24-14-12-20-6-5-16-28-20)25-17-18-8-10-19(11-9-18)26-15-4-7-21(26)27/h5-6,8-11,16H,2-4,7,12-15,17H2,1H3,(H2,23,24,25). The number of amides is 1. The molecule has 0 radical (unpaired) electrons. The highest BCUT2D eigenvalue weighted by atomic mass is 16.3. The van der Waals surface area contributed by atoms with Gasteiger partial charge >= 0.3 is 0 Å². The molecule has 2 N–H and O–H groups in total. The fourth-order valence-electron chi connectivity index (χ4n) is 3.19. The molecule has 0 aliphatic carbocycles. The predicted octanol–water partition coefficient (Wildman–Crippen LogP) is 3.48. The summed E-state index contributed by atoms with van der Waals surface area (Å²) in [6, 6.07) is 12.0. The Bertz CT molecular complexity index is 753. The second-order valence-corrected chi connectivity index (χ2v) is 7.02. The first-order valence-electron chi connectivity index (χ1n) is 10.2. The first kappa shape index (κ1) is 20.0. The summed E-state index contributed by atoms with van der Waals surface area (Å²) in [6.45, 7) is 5.26. The molecular weight excluding hydrogens is 352 g/mol. The lowest BCUT2D eigenvalue weighted by molar-refractivity contribution is -0.117. The molecule has 0 spiro atoms. The lowest BCUT2D eigenvalue weighted by Gasteiger charge is -2.16. The zero-order chi connectivity index (χ0) is 19.6. The van der Waals surface area contributed by atoms with Gasteiger partial charge in [0.25, 0.3) is 0 Å². The minimum absolute atomic E-state index is 0.217. The van der Waals surface area contributed by atoms with Crippen LogP contribution in [0, 0.1) is 0 Å². The SMILES string of the molecule is CCCCNC(=NCc1ccc(N2CCCC2=O)cc1)NCCc1ccco1. The summed E-state index contributed by atoms with van der Waals surface area (Å²) in [5, 5.41) is 6.76. The average molecular weight is 383 g/mol. The summed E-state index contributed by atoms with van der Waals surface area (Å²) in [5.41, 5.74) is 2.10. The quantitative estimate of drug-likeness (QED) is 0.396. The first-order chi connectivity index (χ1) is 13.8. The fourth-order valence-corrected chi connectivity index (χ4v) is 3.19. The van der Waals surface area contributed by atoms with Gasteiger partial charge in [-0.25, -0.2) is 4.99 Å². The minimum atomic E-state index is 0.217. The van der Waals surface area contributed by atoms with Gasteiger partial charge in [0.1, 0.15) is 5.76 Å². The molecule has 1 aliphatic heterocycles. The maximum Gasteiger partial charge on any atom is 0.227 e. The topological polar surface area (TPSA) is 69.9 Å². The van der Waals surface area contributed by atoms with Gasteiger partial charge in [-0.1, -0.05) is 25.5 Å². The van der Waals surface area contributed by atoms with Crippen molar-refractivity contribution in [3.8, 4) is 0 Å². The van der Waals surface area contributed by atoms with Crippen molar-refractivity contribution >= 4 is 17.6 Å². The molecule has 1 aromatic carbocycles. The summed E-state index contributed by atoms with van der Waals surface area (Å²) in [5.74, 6) is 2.00. The normalized spacial score (nSPS) is 14.5. The van der Waals surface area contributed by atoms with E-state index in [0.29, 0.717) is 13.0 Å². The molecule has 0 bridgehead atoms. The lowest BCUT2D eigenvalue weighted by atomic mass is 10.2. The summed E-state index contributed by atoms with van der Waals surface area (Å²) >= 11 is 0. The summed E-state index contributed by atoms with van der Waals surface area (Å²) < 4.78 is 5.38. The molecule has 6 heteroatoms. The second kappa shape index (κ2) is 10.5. The number of benzene rings is 1. The number of rotatable bonds is 9. The van der Waals surface area contributed by atoms with Gasteiger partial charge in [0, 0.05) is 38.2 Å². The van der Waals surface area contributed by atoms with E-state index in [1.165, 1.54) is 0 Å². The molecule has 2 heterocycles. The van der Waals surface area contributed by atoms with E-state index < -0.39 is 0 Å². The molecular formula is C22H30N4O2. The Balaban J connectivity index is 1.55. The first-order valence-corrected chi connectivity index (χ1v) is 10.2. The van der Waals surface area contributed by atoms with Crippen LogP contribution in [0.25, 0.3) is 0 Å². The van der Waals surface area contributed by atoms with E-state index in [1.54, 1.807) is 6.26 Å². The molecule has 3 rings (SSSR count). The van der Waals surface area contributed by atoms with Crippen LogP contribution in [0.3, 0.4) is 0 Å². The largest absolute Gasteiger partial charge is 0.469 e. The Kier molecular flexibility index (Phi) is 7.53. The number of guanidine groups is 1. The van der Waals surface area contributed by atoms with Crippen molar-refractivity contribution in [1.29, 1.82) is 0 Å².